The minimum Gasteiger partial charge on any atom is -0.497 e. The van der Waals surface area contributed by atoms with Crippen LogP contribution in [0.2, 0.25) is 0 Å². The van der Waals surface area contributed by atoms with Crippen LogP contribution in [0.4, 0.5) is 0 Å². The molecule has 3 aliphatic carbocycles. The molecule has 1 saturated carbocycles. The Morgan fingerprint density at radius 2 is 2.20 bits per heavy atom. The second-order valence-corrected chi connectivity index (χ2v) is 7.34. The van der Waals surface area contributed by atoms with Gasteiger partial charge in [-0.1, -0.05) is 12.2 Å². The summed E-state index contributed by atoms with van der Waals surface area (Å²) in [5, 5.41) is 0. The van der Waals surface area contributed by atoms with E-state index in [1.54, 1.807) is 20.4 Å². The van der Waals surface area contributed by atoms with Gasteiger partial charge in [0.2, 0.25) is 6.20 Å². The van der Waals surface area contributed by atoms with Crippen LogP contribution in [-0.2, 0) is 9.47 Å². The first kappa shape index (κ1) is 16.1. The van der Waals surface area contributed by atoms with Gasteiger partial charge in [0, 0.05) is 22.0 Å². The molecular weight excluding hydrogens is 314 g/mol. The molecule has 0 radical (unpaired) electrons. The standard InChI is InChI=1S/C21H24NO3/c1-4-5-14-8-16-13-22(23)20(25-3)12-21-7-6-17(24-2)10-19(21)18(16)9-15(14)11-21/h4,6-7,10,12-15H,1,5,8-9,11H2,2-3H3/q+1/b16-13-,20-12+. The SMILES string of the molecule is C=CCC1C/C2=C/[N+](=O)/C(OC)=C\C34C=CC(OC)=CC3=C2CC1C4. The zero-order valence-corrected chi connectivity index (χ0v) is 14.8. The van der Waals surface area contributed by atoms with Crippen LogP contribution < -0.4 is 0 Å². The molecule has 130 valence electrons. The van der Waals surface area contributed by atoms with Crippen molar-refractivity contribution in [2.45, 2.75) is 25.7 Å². The number of ether oxygens (including phenoxy) is 2. The quantitative estimate of drug-likeness (QED) is 0.558. The zero-order chi connectivity index (χ0) is 17.6. The maximum Gasteiger partial charge on any atom is 0.419 e. The van der Waals surface area contributed by atoms with E-state index in [9.17, 15) is 4.91 Å². The summed E-state index contributed by atoms with van der Waals surface area (Å²) in [4.78, 5) is 12.6. The van der Waals surface area contributed by atoms with Gasteiger partial charge in [0.15, 0.2) is 0 Å². The number of rotatable bonds is 4. The van der Waals surface area contributed by atoms with E-state index in [1.807, 2.05) is 18.2 Å². The third kappa shape index (κ3) is 2.43. The summed E-state index contributed by atoms with van der Waals surface area (Å²) < 4.78 is 11.8. The average Bonchev–Trinajstić information content (AvgIpc) is 2.62. The molecule has 0 amide bonds. The Morgan fingerprint density at radius 3 is 2.92 bits per heavy atom. The number of hydrogen-bond acceptors (Lipinski definition) is 3. The highest BCUT2D eigenvalue weighted by molar-refractivity contribution is 5.55. The summed E-state index contributed by atoms with van der Waals surface area (Å²) >= 11 is 0. The van der Waals surface area contributed by atoms with Crippen LogP contribution in [0.15, 0.2) is 71.5 Å². The van der Waals surface area contributed by atoms with Gasteiger partial charge in [-0.15, -0.1) is 6.58 Å². The van der Waals surface area contributed by atoms with Crippen LogP contribution in [-0.4, -0.2) is 19.0 Å². The maximum absolute atomic E-state index is 12.6. The van der Waals surface area contributed by atoms with Crippen molar-refractivity contribution in [3.63, 3.8) is 0 Å². The summed E-state index contributed by atoms with van der Waals surface area (Å²) in [6.45, 7) is 3.93. The van der Waals surface area contributed by atoms with Gasteiger partial charge in [0.25, 0.3) is 0 Å². The molecule has 4 nitrogen and oxygen atoms in total. The molecule has 3 bridgehead atoms. The number of nitroso groups, excluding NO2 is 1. The topological polar surface area (TPSA) is 38.5 Å². The van der Waals surface area contributed by atoms with Crippen molar-refractivity contribution >= 4 is 0 Å². The van der Waals surface area contributed by atoms with E-state index in [4.69, 9.17) is 9.47 Å². The predicted molar refractivity (Wildman–Crippen MR) is 96.1 cm³/mol. The van der Waals surface area contributed by atoms with Gasteiger partial charge in [-0.2, -0.15) is 0 Å². The number of nitrogens with zero attached hydrogens (tertiary/aromatic N) is 1. The monoisotopic (exact) mass is 338 g/mol. The van der Waals surface area contributed by atoms with Gasteiger partial charge in [-0.05, 0) is 60.8 Å². The lowest BCUT2D eigenvalue weighted by atomic mass is 9.56. The minimum absolute atomic E-state index is 0.298. The Morgan fingerprint density at radius 1 is 1.36 bits per heavy atom. The Balaban J connectivity index is 1.96. The molecule has 4 rings (SSSR count). The number of allylic oxidation sites excluding steroid dienone is 8. The maximum atomic E-state index is 12.6. The first-order valence-corrected chi connectivity index (χ1v) is 8.84. The van der Waals surface area contributed by atoms with E-state index in [2.05, 4.69) is 18.7 Å². The number of methoxy groups -OCH3 is 2. The van der Waals surface area contributed by atoms with Gasteiger partial charge in [0.1, 0.15) is 10.5 Å². The van der Waals surface area contributed by atoms with Gasteiger partial charge in [0.05, 0.1) is 14.2 Å². The molecule has 4 aliphatic rings. The first-order valence-electron chi connectivity index (χ1n) is 8.84. The van der Waals surface area contributed by atoms with Crippen molar-refractivity contribution in [3.05, 3.63) is 76.4 Å². The second-order valence-electron chi connectivity index (χ2n) is 7.34. The molecule has 0 N–H and O–H groups in total. The molecule has 1 heterocycles. The highest BCUT2D eigenvalue weighted by Gasteiger charge is 2.48. The Bertz CT molecular complexity index is 796. The van der Waals surface area contributed by atoms with Crippen molar-refractivity contribution in [1.29, 1.82) is 0 Å². The van der Waals surface area contributed by atoms with E-state index in [0.717, 1.165) is 41.8 Å². The van der Waals surface area contributed by atoms with E-state index >= 15 is 0 Å². The van der Waals surface area contributed by atoms with Gasteiger partial charge < -0.3 is 9.47 Å². The molecule has 25 heavy (non-hydrogen) atoms. The second kappa shape index (κ2) is 5.87. The highest BCUT2D eigenvalue weighted by atomic mass is 16.5. The molecule has 3 atom stereocenters. The summed E-state index contributed by atoms with van der Waals surface area (Å²) in [7, 11) is 3.25. The fourth-order valence-corrected chi connectivity index (χ4v) is 4.85. The molecular formula is C21H24NO3+. The van der Waals surface area contributed by atoms with E-state index in [-0.39, 0.29) is 5.41 Å². The number of fused-ring (bicyclic) bond motifs is 1. The van der Waals surface area contributed by atoms with Crippen molar-refractivity contribution in [2.75, 3.05) is 14.2 Å². The fraction of sp³-hybridized carbons (Fsp3) is 0.429. The van der Waals surface area contributed by atoms with Crippen LogP contribution >= 0.6 is 0 Å². The zero-order valence-electron chi connectivity index (χ0n) is 14.8. The molecule has 0 aromatic carbocycles. The van der Waals surface area contributed by atoms with Crippen LogP contribution in [0.3, 0.4) is 0 Å². The van der Waals surface area contributed by atoms with Crippen LogP contribution in [0, 0.1) is 22.2 Å². The molecule has 4 heteroatoms. The minimum atomic E-state index is -0.298. The molecule has 0 aromatic heterocycles. The van der Waals surface area contributed by atoms with E-state index in [0.29, 0.717) is 17.7 Å². The third-order valence-electron chi connectivity index (χ3n) is 6.05. The lowest BCUT2D eigenvalue weighted by molar-refractivity contribution is -0.462. The fourth-order valence-electron chi connectivity index (χ4n) is 4.85. The van der Waals surface area contributed by atoms with Crippen LogP contribution in [0.1, 0.15) is 25.7 Å². The van der Waals surface area contributed by atoms with E-state index < -0.39 is 0 Å². The van der Waals surface area contributed by atoms with Crippen molar-refractivity contribution in [2.24, 2.45) is 17.3 Å². The first-order chi connectivity index (χ1) is 12.1. The summed E-state index contributed by atoms with van der Waals surface area (Å²) in [6, 6.07) is 0. The third-order valence-corrected chi connectivity index (χ3v) is 6.05. The van der Waals surface area contributed by atoms with Crippen LogP contribution in [0.5, 0.6) is 0 Å². The molecule has 1 aliphatic heterocycles. The summed E-state index contributed by atoms with van der Waals surface area (Å²) in [5.41, 5.74) is 3.40. The molecule has 1 fully saturated rings. The molecule has 0 spiro atoms. The summed E-state index contributed by atoms with van der Waals surface area (Å²) in [5.74, 6) is 2.34. The Kier molecular flexibility index (Phi) is 3.78. The largest absolute Gasteiger partial charge is 0.497 e. The highest BCUT2D eigenvalue weighted by Crippen LogP contribution is 2.57. The molecule has 3 unspecified atom stereocenters. The number of hydrogen-bond donors (Lipinski definition) is 0. The van der Waals surface area contributed by atoms with E-state index in [1.165, 1.54) is 11.1 Å². The summed E-state index contributed by atoms with van der Waals surface area (Å²) in [6.07, 6.45) is 16.0. The van der Waals surface area contributed by atoms with Crippen LogP contribution in [0.25, 0.3) is 0 Å². The smallest absolute Gasteiger partial charge is 0.419 e. The Hall–Kier alpha value is -2.36. The molecule has 0 saturated heterocycles. The van der Waals surface area contributed by atoms with Gasteiger partial charge in [-0.25, -0.2) is 0 Å². The van der Waals surface area contributed by atoms with Crippen molar-refractivity contribution < 1.29 is 14.2 Å². The average molecular weight is 338 g/mol. The van der Waals surface area contributed by atoms with Gasteiger partial charge in [-0.3, -0.25) is 0 Å². The normalized spacial score (nSPS) is 37.0. The lowest BCUT2D eigenvalue weighted by Crippen LogP contribution is -2.38. The van der Waals surface area contributed by atoms with Crippen molar-refractivity contribution in [3.8, 4) is 0 Å². The van der Waals surface area contributed by atoms with Crippen molar-refractivity contribution in [1.82, 2.24) is 0 Å². The predicted octanol–water partition coefficient (Wildman–Crippen LogP) is 4.54. The Labute approximate surface area is 148 Å². The van der Waals surface area contributed by atoms with Gasteiger partial charge >= 0.3 is 5.88 Å². The lowest BCUT2D eigenvalue weighted by Gasteiger charge is -2.47. The molecule has 0 aromatic rings.